The molecular formula is C5H18B2IN5S. The monoisotopic (exact) mass is 329 g/mol. The molecular weight excluding hydrogens is 311 g/mol. The van der Waals surface area contributed by atoms with Crippen LogP contribution in [0.1, 0.15) is 0 Å². The smallest absolute Gasteiger partial charge is 0.206 e. The predicted molar refractivity (Wildman–Crippen MR) is 76.5 cm³/mol. The van der Waals surface area contributed by atoms with Crippen molar-refractivity contribution >= 4 is 46.2 Å². The molecule has 0 unspecified atom stereocenters. The minimum absolute atomic E-state index is 1.38. The summed E-state index contributed by atoms with van der Waals surface area (Å²) in [5.41, 5.74) is 5.49. The zero-order valence-electron chi connectivity index (χ0n) is 9.32. The summed E-state index contributed by atoms with van der Waals surface area (Å²) in [6, 6.07) is 0. The van der Waals surface area contributed by atoms with Crippen molar-refractivity contribution in [1.82, 2.24) is 20.7 Å². The van der Waals surface area contributed by atoms with Crippen LogP contribution in [0.2, 0.25) is 0 Å². The van der Waals surface area contributed by atoms with Gasteiger partial charge in [-0.1, -0.05) is 0 Å². The number of nitrogens with one attached hydrogen (secondary N) is 2. The number of rotatable bonds is 3. The Kier molecular flexibility index (Phi) is 27.8. The van der Waals surface area contributed by atoms with Gasteiger partial charge in [-0.15, -0.1) is 9.80 Å². The summed E-state index contributed by atoms with van der Waals surface area (Å²) in [4.78, 5) is 6.88. The van der Waals surface area contributed by atoms with Crippen molar-refractivity contribution in [3.8, 4) is 0 Å². The van der Waals surface area contributed by atoms with Crippen molar-refractivity contribution in [1.29, 1.82) is 0 Å². The Balaban J connectivity index is -0.000000152. The molecule has 0 atom stereocenters. The molecule has 9 heteroatoms. The van der Waals surface area contributed by atoms with Crippen LogP contribution in [0.3, 0.4) is 0 Å². The van der Waals surface area contributed by atoms with Gasteiger partial charge >= 0.3 is 43.6 Å². The minimum atomic E-state index is 1.38. The van der Waals surface area contributed by atoms with E-state index in [9.17, 15) is 0 Å². The van der Waals surface area contributed by atoms with Gasteiger partial charge < -0.3 is 4.92 Å². The van der Waals surface area contributed by atoms with E-state index in [1.165, 1.54) is 4.92 Å². The van der Waals surface area contributed by atoms with Crippen LogP contribution < -0.4 is 10.9 Å². The third kappa shape index (κ3) is 29.3. The molecule has 0 aromatic heterocycles. The third-order valence-electron chi connectivity index (χ3n) is 0.994. The van der Waals surface area contributed by atoms with Crippen molar-refractivity contribution in [3.05, 3.63) is 0 Å². The fraction of sp³-hybridized carbons (Fsp3) is 1.00. The Labute approximate surface area is 107 Å². The molecule has 2 radical (unpaired) electrons. The van der Waals surface area contributed by atoms with Gasteiger partial charge in [0.25, 0.3) is 0 Å². The average molecular weight is 329 g/mol. The summed E-state index contributed by atoms with van der Waals surface area (Å²) in [5, 5.41) is 0. The fourth-order valence-electron chi connectivity index (χ4n) is 0.231. The molecule has 14 heavy (non-hydrogen) atoms. The SMILES string of the molecule is CN=BN(C)NC.SI.[B]N(C)NC. The van der Waals surface area contributed by atoms with E-state index in [-0.39, 0.29) is 0 Å². The van der Waals surface area contributed by atoms with Gasteiger partial charge in [0.15, 0.2) is 0 Å². The molecule has 0 fully saturated rings. The normalized spacial score (nSPS) is 8.29. The van der Waals surface area contributed by atoms with Crippen LogP contribution in [-0.4, -0.2) is 60.3 Å². The molecule has 0 aromatic carbocycles. The van der Waals surface area contributed by atoms with Gasteiger partial charge in [0.1, 0.15) is 0 Å². The number of thiol groups is 1. The Hall–Kier alpha value is 0.690. The van der Waals surface area contributed by atoms with Gasteiger partial charge in [-0.3, -0.25) is 5.43 Å². The number of nitrogens with zero attached hydrogens (tertiary/aromatic N) is 3. The fourth-order valence-corrected chi connectivity index (χ4v) is 0.231. The predicted octanol–water partition coefficient (Wildman–Crippen LogP) is -0.113. The van der Waals surface area contributed by atoms with Crippen molar-refractivity contribution in [2.75, 3.05) is 35.2 Å². The molecule has 0 bridgehead atoms. The number of halogens is 1. The van der Waals surface area contributed by atoms with Gasteiger partial charge in [-0.05, 0) is 35.3 Å². The first-order valence-electron chi connectivity index (χ1n) is 3.73. The Morgan fingerprint density at radius 2 is 1.64 bits per heavy atom. The van der Waals surface area contributed by atoms with Gasteiger partial charge in [0.2, 0.25) is 7.98 Å². The van der Waals surface area contributed by atoms with E-state index >= 15 is 0 Å². The number of hydrogen-bond donors (Lipinski definition) is 3. The maximum atomic E-state index is 5.01. The van der Waals surface area contributed by atoms with E-state index in [0.717, 1.165) is 0 Å². The number of hydrazine groups is 2. The van der Waals surface area contributed by atoms with Crippen molar-refractivity contribution in [3.63, 3.8) is 0 Å². The van der Waals surface area contributed by atoms with Crippen molar-refractivity contribution in [2.45, 2.75) is 0 Å². The maximum absolute atomic E-state index is 5.01. The second kappa shape index (κ2) is 19.3. The van der Waals surface area contributed by atoms with Crippen molar-refractivity contribution < 1.29 is 0 Å². The minimum Gasteiger partial charge on any atom is -0.301 e. The standard InChI is InChI=1S/C3H10BN3.C2H7BN2.HIS/c1-5-4-7(3)6-2;1-4-5(2)3;1-2/h6H,1-3H3;4H,1-2H3;2H. The van der Waals surface area contributed by atoms with Crippen LogP contribution >= 0.6 is 31.0 Å². The van der Waals surface area contributed by atoms with E-state index in [0.29, 0.717) is 0 Å². The van der Waals surface area contributed by atoms with Crippen LogP contribution in [0.15, 0.2) is 4.90 Å². The molecule has 0 aliphatic carbocycles. The molecule has 0 amide bonds. The number of hydrogen-bond acceptors (Lipinski definition) is 5. The second-order valence-corrected chi connectivity index (χ2v) is 2.04. The van der Waals surface area contributed by atoms with E-state index < -0.39 is 0 Å². The molecule has 0 saturated carbocycles. The van der Waals surface area contributed by atoms with Crippen molar-refractivity contribution in [2.24, 2.45) is 4.90 Å². The summed E-state index contributed by atoms with van der Waals surface area (Å²) in [7, 11) is 19.1. The summed E-state index contributed by atoms with van der Waals surface area (Å²) in [6.45, 7) is 0. The first kappa shape index (κ1) is 20.1. The summed E-state index contributed by atoms with van der Waals surface area (Å²) in [6.07, 6.45) is 0. The van der Waals surface area contributed by atoms with Gasteiger partial charge in [0, 0.05) is 0 Å². The van der Waals surface area contributed by atoms with Gasteiger partial charge in [-0.2, -0.15) is 0 Å². The topological polar surface area (TPSA) is 42.9 Å². The zero-order chi connectivity index (χ0) is 12.0. The van der Waals surface area contributed by atoms with Crippen LogP contribution in [0.25, 0.3) is 0 Å². The quantitative estimate of drug-likeness (QED) is 0.293. The first-order chi connectivity index (χ1) is 6.58. The Bertz CT molecular complexity index is 118. The van der Waals surface area contributed by atoms with Gasteiger partial charge in [0.05, 0.1) is 0 Å². The molecule has 0 aliphatic heterocycles. The van der Waals surface area contributed by atoms with Gasteiger partial charge in [-0.25, -0.2) is 0 Å². The van der Waals surface area contributed by atoms with Crippen LogP contribution in [0.4, 0.5) is 0 Å². The molecule has 0 rings (SSSR count). The Morgan fingerprint density at radius 3 is 1.71 bits per heavy atom. The molecule has 0 aliphatic rings. The summed E-state index contributed by atoms with van der Waals surface area (Å²) in [5.74, 6) is 0. The largest absolute Gasteiger partial charge is 0.301 e. The van der Waals surface area contributed by atoms with E-state index in [4.69, 9.17) is 7.98 Å². The maximum Gasteiger partial charge on any atom is 0.206 e. The molecule has 0 aromatic rings. The zero-order valence-corrected chi connectivity index (χ0v) is 12.4. The first-order valence-corrected chi connectivity index (χ1v) is 6.97. The molecule has 5 nitrogen and oxygen atoms in total. The van der Waals surface area contributed by atoms with Crippen LogP contribution in [-0.2, 0) is 0 Å². The summed E-state index contributed by atoms with van der Waals surface area (Å²) < 4.78 is 0. The molecule has 0 spiro atoms. The molecule has 82 valence electrons. The Morgan fingerprint density at radius 1 is 1.29 bits per heavy atom. The van der Waals surface area contributed by atoms with Crippen LogP contribution in [0.5, 0.6) is 0 Å². The third-order valence-corrected chi connectivity index (χ3v) is 0.994. The van der Waals surface area contributed by atoms with E-state index in [2.05, 4.69) is 25.5 Å². The second-order valence-electron chi connectivity index (χ2n) is 2.04. The average Bonchev–Trinajstić information content (AvgIpc) is 2.22. The van der Waals surface area contributed by atoms with E-state index in [1.54, 1.807) is 33.3 Å². The van der Waals surface area contributed by atoms with Crippen LogP contribution in [0, 0.1) is 0 Å². The molecule has 0 heterocycles. The van der Waals surface area contributed by atoms with E-state index in [1.807, 2.05) is 35.3 Å². The molecule has 2 N–H and O–H groups in total. The summed E-state index contributed by atoms with van der Waals surface area (Å²) >= 11 is 1.84. The molecule has 0 saturated heterocycles.